The summed E-state index contributed by atoms with van der Waals surface area (Å²) < 4.78 is 9.45. The molecule has 2 fully saturated rings. The van der Waals surface area contributed by atoms with Gasteiger partial charge in [0.2, 0.25) is 17.8 Å². The van der Waals surface area contributed by atoms with E-state index in [9.17, 15) is 19.2 Å². The van der Waals surface area contributed by atoms with E-state index in [1.165, 1.54) is 14.2 Å². The molecule has 2 aliphatic rings. The molecule has 54 heavy (non-hydrogen) atoms. The van der Waals surface area contributed by atoms with Crippen LogP contribution in [0.3, 0.4) is 0 Å². The molecule has 6 rings (SSSR count). The molecule has 1 unspecified atom stereocenters. The van der Waals surface area contributed by atoms with Gasteiger partial charge in [0.05, 0.1) is 32.2 Å². The molecular formula is C39H49N9O6. The van der Waals surface area contributed by atoms with Gasteiger partial charge in [0, 0.05) is 49.2 Å². The van der Waals surface area contributed by atoms with Crippen LogP contribution in [0.2, 0.25) is 0 Å². The molecule has 0 saturated carbocycles. The molecule has 4 atom stereocenters. The highest BCUT2D eigenvalue weighted by atomic mass is 16.5. The fraction of sp³-hybridized carbons (Fsp3) is 0.462. The average Bonchev–Trinajstić information content (AvgIpc) is 3.97. The molecule has 2 aromatic carbocycles. The van der Waals surface area contributed by atoms with Gasteiger partial charge in [-0.2, -0.15) is 0 Å². The number of amides is 4. The zero-order valence-corrected chi connectivity index (χ0v) is 31.6. The zero-order chi connectivity index (χ0) is 38.5. The number of hydrogen-bond donors (Lipinski definition) is 4. The maximum absolute atomic E-state index is 13.5. The number of aromatic nitrogens is 4. The number of nitrogens with zero attached hydrogens (tertiary/aromatic N) is 5. The summed E-state index contributed by atoms with van der Waals surface area (Å²) >= 11 is 0. The molecule has 0 spiro atoms. The molecule has 4 heterocycles. The van der Waals surface area contributed by atoms with E-state index < -0.39 is 24.3 Å². The van der Waals surface area contributed by atoms with Crippen molar-refractivity contribution < 1.29 is 28.7 Å². The van der Waals surface area contributed by atoms with Gasteiger partial charge in [-0.15, -0.1) is 0 Å². The minimum absolute atomic E-state index is 0.0151. The van der Waals surface area contributed by atoms with Gasteiger partial charge in [0.25, 0.3) is 0 Å². The standard InChI is InChI=1S/C39H49N9O6/c1-22(2)32(45-38(51)53-5)35(49)47-15-13-29(21-47)43-37-41-18-28(19-42-37)26-10-9-25-17-27(12-11-24(25)16-26)30-20-40-34(44-30)31-8-7-14-48(31)36(50)33(23(3)4)46-39(52)54-6/h9-12,16-20,22-23,29,31-33H,7-8,13-15,21H2,1-6H3,(H,40,44)(H,45,51)(H,46,52)(H,41,42,43)/t29?,31-,32-,33-/m0/s1. The van der Waals surface area contributed by atoms with E-state index in [1.54, 1.807) is 28.4 Å². The Labute approximate surface area is 314 Å². The maximum Gasteiger partial charge on any atom is 0.407 e. The topological polar surface area (TPSA) is 184 Å². The number of alkyl carbamates (subject to hydrolysis) is 2. The van der Waals surface area contributed by atoms with Crippen molar-refractivity contribution in [2.75, 3.05) is 39.2 Å². The van der Waals surface area contributed by atoms with E-state index in [2.05, 4.69) is 60.2 Å². The molecule has 2 aliphatic heterocycles. The van der Waals surface area contributed by atoms with Gasteiger partial charge in [-0.25, -0.2) is 24.5 Å². The predicted molar refractivity (Wildman–Crippen MR) is 203 cm³/mol. The summed E-state index contributed by atoms with van der Waals surface area (Å²) in [7, 11) is 2.57. The summed E-state index contributed by atoms with van der Waals surface area (Å²) in [6.07, 6.45) is 6.48. The number of rotatable bonds is 11. The molecule has 4 amide bonds. The second-order valence-electron chi connectivity index (χ2n) is 14.6. The summed E-state index contributed by atoms with van der Waals surface area (Å²) in [5.41, 5.74) is 3.68. The van der Waals surface area contributed by atoms with Crippen LogP contribution < -0.4 is 16.0 Å². The first-order valence-corrected chi connectivity index (χ1v) is 18.4. The minimum atomic E-state index is -0.691. The van der Waals surface area contributed by atoms with E-state index in [0.29, 0.717) is 25.6 Å². The Hall–Kier alpha value is -5.73. The van der Waals surface area contributed by atoms with E-state index >= 15 is 0 Å². The molecular weight excluding hydrogens is 690 g/mol. The van der Waals surface area contributed by atoms with Crippen LogP contribution in [0.1, 0.15) is 58.8 Å². The Bertz CT molecular complexity index is 1980. The SMILES string of the molecule is COC(=O)N[C@H](C(=O)N1CCC(Nc2ncc(-c3ccc4cc(-c5cnc([C@@H]6CCCN6C(=O)[C@@H](NC(=O)OC)C(C)C)[nH]5)ccc4c3)cn2)C1)C(C)C. The third-order valence-electron chi connectivity index (χ3n) is 10.2. The maximum atomic E-state index is 13.5. The lowest BCUT2D eigenvalue weighted by Gasteiger charge is -2.30. The van der Waals surface area contributed by atoms with Crippen molar-refractivity contribution in [2.24, 2.45) is 11.8 Å². The molecule has 0 bridgehead atoms. The quantitative estimate of drug-likeness (QED) is 0.161. The number of imidazole rings is 1. The summed E-state index contributed by atoms with van der Waals surface area (Å²) in [5, 5.41) is 10.8. The molecule has 0 radical (unpaired) electrons. The molecule has 4 N–H and O–H groups in total. The van der Waals surface area contributed by atoms with Crippen molar-refractivity contribution in [1.29, 1.82) is 0 Å². The number of carbonyl (C=O) groups excluding carboxylic acids is 4. The number of H-pyrrole nitrogens is 1. The van der Waals surface area contributed by atoms with E-state index in [1.807, 2.05) is 39.8 Å². The number of aromatic amines is 1. The van der Waals surface area contributed by atoms with Crippen LogP contribution in [0.5, 0.6) is 0 Å². The second-order valence-corrected chi connectivity index (χ2v) is 14.6. The Morgan fingerprint density at radius 1 is 0.759 bits per heavy atom. The highest BCUT2D eigenvalue weighted by Crippen LogP contribution is 2.34. The second kappa shape index (κ2) is 16.5. The van der Waals surface area contributed by atoms with Crippen molar-refractivity contribution in [3.63, 3.8) is 0 Å². The van der Waals surface area contributed by atoms with Crippen LogP contribution in [0.15, 0.2) is 55.0 Å². The first kappa shape index (κ1) is 38.0. The van der Waals surface area contributed by atoms with E-state index in [4.69, 9.17) is 9.47 Å². The molecule has 15 nitrogen and oxygen atoms in total. The van der Waals surface area contributed by atoms with Gasteiger partial charge in [0.1, 0.15) is 17.9 Å². The number of carbonyl (C=O) groups is 4. The first-order chi connectivity index (χ1) is 25.9. The lowest BCUT2D eigenvalue weighted by molar-refractivity contribution is -0.135. The molecule has 4 aromatic rings. The molecule has 2 saturated heterocycles. The number of methoxy groups -OCH3 is 2. The third kappa shape index (κ3) is 8.40. The molecule has 0 aliphatic carbocycles. The lowest BCUT2D eigenvalue weighted by atomic mass is 10.0. The number of fused-ring (bicyclic) bond motifs is 1. The van der Waals surface area contributed by atoms with Crippen molar-refractivity contribution >= 4 is 40.7 Å². The van der Waals surface area contributed by atoms with E-state index in [0.717, 1.165) is 58.2 Å². The van der Waals surface area contributed by atoms with Crippen molar-refractivity contribution in [2.45, 2.75) is 71.1 Å². The number of nitrogens with one attached hydrogen (secondary N) is 4. The van der Waals surface area contributed by atoms with Crippen LogP contribution in [0, 0.1) is 11.8 Å². The lowest BCUT2D eigenvalue weighted by Crippen LogP contribution is -2.51. The van der Waals surface area contributed by atoms with Crippen LogP contribution in [0.4, 0.5) is 15.5 Å². The highest BCUT2D eigenvalue weighted by molar-refractivity contribution is 5.91. The van der Waals surface area contributed by atoms with Crippen LogP contribution in [0.25, 0.3) is 33.2 Å². The predicted octanol–water partition coefficient (Wildman–Crippen LogP) is 5.12. The summed E-state index contributed by atoms with van der Waals surface area (Å²) in [4.78, 5) is 71.2. The number of hydrogen-bond acceptors (Lipinski definition) is 10. The monoisotopic (exact) mass is 739 g/mol. The Morgan fingerprint density at radius 3 is 2.00 bits per heavy atom. The fourth-order valence-electron chi connectivity index (χ4n) is 7.15. The normalized spacial score (nSPS) is 18.1. The zero-order valence-electron chi connectivity index (χ0n) is 31.6. The third-order valence-corrected chi connectivity index (χ3v) is 10.2. The van der Waals surface area contributed by atoms with Gasteiger partial charge in [-0.05, 0) is 59.6 Å². The Morgan fingerprint density at radius 2 is 1.37 bits per heavy atom. The van der Waals surface area contributed by atoms with Gasteiger partial charge in [-0.1, -0.05) is 52.0 Å². The number of likely N-dealkylation sites (tertiary alicyclic amines) is 2. The van der Waals surface area contributed by atoms with Gasteiger partial charge >= 0.3 is 12.2 Å². The number of anilines is 1. The summed E-state index contributed by atoms with van der Waals surface area (Å²) in [5.74, 6) is 0.732. The number of benzene rings is 2. The van der Waals surface area contributed by atoms with Crippen LogP contribution in [-0.4, -0.2) is 106 Å². The largest absolute Gasteiger partial charge is 0.453 e. The minimum Gasteiger partial charge on any atom is -0.453 e. The highest BCUT2D eigenvalue weighted by Gasteiger charge is 2.38. The fourth-order valence-corrected chi connectivity index (χ4v) is 7.15. The van der Waals surface area contributed by atoms with Crippen molar-refractivity contribution in [1.82, 2.24) is 40.4 Å². The smallest absolute Gasteiger partial charge is 0.407 e. The number of ether oxygens (including phenoxy) is 2. The Balaban J connectivity index is 1.09. The summed E-state index contributed by atoms with van der Waals surface area (Å²) in [6.45, 7) is 9.21. The molecule has 15 heteroatoms. The van der Waals surface area contributed by atoms with Gasteiger partial charge in [-0.3, -0.25) is 9.59 Å². The summed E-state index contributed by atoms with van der Waals surface area (Å²) in [6, 6.07) is 10.9. The van der Waals surface area contributed by atoms with Crippen LogP contribution in [-0.2, 0) is 19.1 Å². The van der Waals surface area contributed by atoms with Crippen molar-refractivity contribution in [3.8, 4) is 22.4 Å². The van der Waals surface area contributed by atoms with Crippen LogP contribution >= 0.6 is 0 Å². The molecule has 286 valence electrons. The van der Waals surface area contributed by atoms with Gasteiger partial charge < -0.3 is 40.2 Å². The average molecular weight is 740 g/mol. The first-order valence-electron chi connectivity index (χ1n) is 18.4. The Kier molecular flexibility index (Phi) is 11.6. The van der Waals surface area contributed by atoms with E-state index in [-0.39, 0.29) is 35.7 Å². The van der Waals surface area contributed by atoms with Crippen molar-refractivity contribution in [3.05, 3.63) is 60.8 Å². The van der Waals surface area contributed by atoms with Gasteiger partial charge in [0.15, 0.2) is 0 Å². The molecule has 2 aromatic heterocycles.